The average molecular weight is 417 g/mol. The Morgan fingerprint density at radius 2 is 1.63 bits per heavy atom. The summed E-state index contributed by atoms with van der Waals surface area (Å²) in [6.07, 6.45) is 1.06. The van der Waals surface area contributed by atoms with E-state index in [4.69, 9.17) is 8.92 Å². The highest BCUT2D eigenvalue weighted by Crippen LogP contribution is 2.25. The van der Waals surface area contributed by atoms with Crippen molar-refractivity contribution < 1.29 is 30.1 Å². The van der Waals surface area contributed by atoms with Crippen LogP contribution in [0.25, 0.3) is 0 Å². The summed E-state index contributed by atoms with van der Waals surface area (Å²) in [5.41, 5.74) is 0.365. The molecule has 2 aromatic rings. The molecule has 0 unspecified atom stereocenters. The van der Waals surface area contributed by atoms with Crippen LogP contribution in [-0.2, 0) is 31.4 Å². The van der Waals surface area contributed by atoms with Crippen LogP contribution < -0.4 is 4.18 Å². The third-order valence-corrected chi connectivity index (χ3v) is 6.13. The van der Waals surface area contributed by atoms with E-state index in [1.54, 1.807) is 18.2 Å². The van der Waals surface area contributed by atoms with Crippen LogP contribution in [0.15, 0.2) is 53.4 Å². The summed E-state index contributed by atoms with van der Waals surface area (Å²) in [5.74, 6) is -0.579. The third kappa shape index (κ3) is 5.99. The fraction of sp³-hybridized carbons (Fsp3) is 0.294. The minimum Gasteiger partial charge on any atom is -0.383 e. The van der Waals surface area contributed by atoms with Crippen molar-refractivity contribution in [3.05, 3.63) is 59.9 Å². The molecule has 0 bridgehead atoms. The average Bonchev–Trinajstić information content (AvgIpc) is 2.59. The molecule has 7 nitrogen and oxygen atoms in total. The lowest BCUT2D eigenvalue weighted by Gasteiger charge is -2.21. The van der Waals surface area contributed by atoms with E-state index in [1.165, 1.54) is 13.2 Å². The highest BCUT2D eigenvalue weighted by molar-refractivity contribution is 7.88. The van der Waals surface area contributed by atoms with Crippen molar-refractivity contribution in [2.24, 2.45) is 0 Å². The summed E-state index contributed by atoms with van der Waals surface area (Å²) in [4.78, 5) is -0.210. The van der Waals surface area contributed by atoms with Gasteiger partial charge in [-0.2, -0.15) is 12.7 Å². The van der Waals surface area contributed by atoms with Crippen LogP contribution in [0.4, 0.5) is 4.39 Å². The summed E-state index contributed by atoms with van der Waals surface area (Å²) < 4.78 is 73.0. The molecule has 2 rings (SSSR count). The maximum Gasteiger partial charge on any atom is 0.339 e. The number of hydrogen-bond donors (Lipinski definition) is 0. The fourth-order valence-electron chi connectivity index (χ4n) is 2.23. The number of methoxy groups -OCH3 is 1. The van der Waals surface area contributed by atoms with Gasteiger partial charge in [-0.15, -0.1) is 0 Å². The summed E-state index contributed by atoms with van der Waals surface area (Å²) in [7, 11) is -6.30. The van der Waals surface area contributed by atoms with E-state index in [9.17, 15) is 21.2 Å². The van der Waals surface area contributed by atoms with Gasteiger partial charge in [-0.05, 0) is 30.3 Å². The minimum atomic E-state index is -4.20. The zero-order valence-electron chi connectivity index (χ0n) is 14.8. The van der Waals surface area contributed by atoms with Crippen molar-refractivity contribution in [3.8, 4) is 5.75 Å². The Morgan fingerprint density at radius 3 is 2.22 bits per heavy atom. The molecule has 0 aromatic heterocycles. The van der Waals surface area contributed by atoms with E-state index < -0.39 is 26.0 Å². The van der Waals surface area contributed by atoms with Crippen LogP contribution in [0.5, 0.6) is 5.75 Å². The summed E-state index contributed by atoms with van der Waals surface area (Å²) in [6, 6.07) is 10.4. The summed E-state index contributed by atoms with van der Waals surface area (Å²) in [5, 5.41) is 0. The number of halogens is 1. The zero-order chi connectivity index (χ0) is 20.1. The van der Waals surface area contributed by atoms with E-state index >= 15 is 0 Å². The van der Waals surface area contributed by atoms with Gasteiger partial charge in [-0.3, -0.25) is 0 Å². The molecule has 0 amide bonds. The van der Waals surface area contributed by atoms with Gasteiger partial charge in [0.25, 0.3) is 0 Å². The monoisotopic (exact) mass is 417 g/mol. The Morgan fingerprint density at radius 1 is 1.00 bits per heavy atom. The highest BCUT2D eigenvalue weighted by Gasteiger charge is 2.22. The van der Waals surface area contributed by atoms with E-state index in [0.717, 1.165) is 34.8 Å². The summed E-state index contributed by atoms with van der Waals surface area (Å²) >= 11 is 0. The molecule has 10 heteroatoms. The van der Waals surface area contributed by atoms with Crippen LogP contribution in [0, 0.1) is 5.82 Å². The van der Waals surface area contributed by atoms with E-state index in [1.807, 2.05) is 0 Å². The Bertz CT molecular complexity index is 975. The lowest BCUT2D eigenvalue weighted by Crippen LogP contribution is -2.32. The standard InChI is InChI=1S/C17H20FNO6S2/c1-24-12-11-19(26(2,20)21)13-14-5-3-4-6-17(14)25-27(22,23)16-9-7-15(18)8-10-16/h3-10H,11-13H2,1-2H3. The number of hydrogen-bond acceptors (Lipinski definition) is 6. The molecular formula is C17H20FNO6S2. The van der Waals surface area contributed by atoms with Crippen molar-refractivity contribution >= 4 is 20.1 Å². The van der Waals surface area contributed by atoms with Crippen LogP contribution in [-0.4, -0.2) is 47.7 Å². The largest absolute Gasteiger partial charge is 0.383 e. The Kier molecular flexibility index (Phi) is 6.93. The second kappa shape index (κ2) is 8.79. The SMILES string of the molecule is COCCN(Cc1ccccc1OS(=O)(=O)c1ccc(F)cc1)S(C)(=O)=O. The first-order valence-corrected chi connectivity index (χ1v) is 11.1. The molecular weight excluding hydrogens is 397 g/mol. The van der Waals surface area contributed by atoms with E-state index in [-0.39, 0.29) is 30.3 Å². The van der Waals surface area contributed by atoms with Gasteiger partial charge < -0.3 is 8.92 Å². The maximum absolute atomic E-state index is 13.0. The van der Waals surface area contributed by atoms with Crippen LogP contribution in [0.2, 0.25) is 0 Å². The number of benzene rings is 2. The molecule has 0 spiro atoms. The predicted octanol–water partition coefficient (Wildman–Crippen LogP) is 2.00. The Hall–Kier alpha value is -2.01. The van der Waals surface area contributed by atoms with Crippen LogP contribution in [0.3, 0.4) is 0 Å². The normalized spacial score (nSPS) is 12.3. The topological polar surface area (TPSA) is 90.0 Å². The lowest BCUT2D eigenvalue weighted by molar-refractivity contribution is 0.177. The van der Waals surface area contributed by atoms with Gasteiger partial charge in [0.05, 0.1) is 12.9 Å². The van der Waals surface area contributed by atoms with Crippen LogP contribution >= 0.6 is 0 Å². The Balaban J connectivity index is 2.30. The van der Waals surface area contributed by atoms with Crippen molar-refractivity contribution in [3.63, 3.8) is 0 Å². The highest BCUT2D eigenvalue weighted by atomic mass is 32.2. The molecule has 0 heterocycles. The van der Waals surface area contributed by atoms with Gasteiger partial charge >= 0.3 is 10.1 Å². The quantitative estimate of drug-likeness (QED) is 0.580. The molecule has 0 N–H and O–H groups in total. The summed E-state index contributed by atoms with van der Waals surface area (Å²) in [6.45, 7) is 0.204. The van der Waals surface area contributed by atoms with E-state index in [0.29, 0.717) is 5.56 Å². The van der Waals surface area contributed by atoms with Gasteiger partial charge in [0.15, 0.2) is 0 Å². The predicted molar refractivity (Wildman–Crippen MR) is 97.8 cm³/mol. The van der Waals surface area contributed by atoms with Gasteiger partial charge in [0, 0.05) is 25.8 Å². The molecule has 0 aliphatic carbocycles. The van der Waals surface area contributed by atoms with Crippen molar-refractivity contribution in [1.82, 2.24) is 4.31 Å². The molecule has 0 fully saturated rings. The first-order chi connectivity index (χ1) is 12.6. The zero-order valence-corrected chi connectivity index (χ0v) is 16.5. The molecule has 0 atom stereocenters. The first kappa shape index (κ1) is 21.3. The third-order valence-electron chi connectivity index (χ3n) is 3.63. The number of ether oxygens (including phenoxy) is 1. The molecule has 0 saturated heterocycles. The molecule has 2 aromatic carbocycles. The van der Waals surface area contributed by atoms with Crippen molar-refractivity contribution in [1.29, 1.82) is 0 Å². The smallest absolute Gasteiger partial charge is 0.339 e. The molecule has 0 saturated carbocycles. The van der Waals surface area contributed by atoms with Crippen molar-refractivity contribution in [2.75, 3.05) is 26.5 Å². The van der Waals surface area contributed by atoms with Gasteiger partial charge in [0.2, 0.25) is 10.0 Å². The maximum atomic E-state index is 13.0. The molecule has 0 radical (unpaired) electrons. The first-order valence-electron chi connectivity index (χ1n) is 7.85. The molecule has 0 aliphatic heterocycles. The van der Waals surface area contributed by atoms with Gasteiger partial charge in [-0.25, -0.2) is 12.8 Å². The van der Waals surface area contributed by atoms with Gasteiger partial charge in [0.1, 0.15) is 16.5 Å². The fourth-order valence-corrected chi connectivity index (χ4v) is 3.97. The molecule has 0 aliphatic rings. The minimum absolute atomic E-state index is 0.00658. The number of para-hydroxylation sites is 1. The van der Waals surface area contributed by atoms with Gasteiger partial charge in [-0.1, -0.05) is 18.2 Å². The van der Waals surface area contributed by atoms with Crippen molar-refractivity contribution in [2.45, 2.75) is 11.4 Å². The van der Waals surface area contributed by atoms with E-state index in [2.05, 4.69) is 0 Å². The Labute approximate surface area is 158 Å². The lowest BCUT2D eigenvalue weighted by atomic mass is 10.2. The second-order valence-electron chi connectivity index (χ2n) is 5.69. The second-order valence-corrected chi connectivity index (χ2v) is 9.22. The number of nitrogens with zero attached hydrogens (tertiary/aromatic N) is 1. The van der Waals surface area contributed by atoms with Crippen LogP contribution in [0.1, 0.15) is 5.56 Å². The molecule has 148 valence electrons. The number of rotatable bonds is 9. The number of sulfonamides is 1. The molecule has 27 heavy (non-hydrogen) atoms.